The Hall–Kier alpha value is -2.25. The molecule has 3 rings (SSSR count). The van der Waals surface area contributed by atoms with Crippen molar-refractivity contribution in [1.29, 1.82) is 0 Å². The van der Waals surface area contributed by atoms with E-state index in [-0.39, 0.29) is 31.6 Å². The molecule has 1 aromatic heterocycles. The third-order valence-electron chi connectivity index (χ3n) is 3.53. The number of aromatic amines is 1. The highest BCUT2D eigenvalue weighted by Gasteiger charge is 2.35. The average Bonchev–Trinajstić information content (AvgIpc) is 2.81. The number of nitrogens with zero attached hydrogens (tertiary/aromatic N) is 3. The molecule has 0 saturated carbocycles. The maximum atomic E-state index is 13.2. The van der Waals surface area contributed by atoms with E-state index in [9.17, 15) is 18.9 Å². The van der Waals surface area contributed by atoms with Crippen LogP contribution in [0.25, 0.3) is 10.9 Å². The van der Waals surface area contributed by atoms with Gasteiger partial charge in [0, 0.05) is 38.1 Å². The van der Waals surface area contributed by atoms with Crippen LogP contribution in [0.3, 0.4) is 0 Å². The zero-order valence-electron chi connectivity index (χ0n) is 10.5. The first-order valence-electron chi connectivity index (χ1n) is 6.22. The van der Waals surface area contributed by atoms with Gasteiger partial charge < -0.3 is 4.90 Å². The molecule has 1 saturated heterocycles. The molecule has 0 atom stereocenters. The van der Waals surface area contributed by atoms with Gasteiger partial charge in [-0.1, -0.05) is 0 Å². The summed E-state index contributed by atoms with van der Waals surface area (Å²) >= 11 is 0. The fraction of sp³-hybridized carbons (Fsp3) is 0.417. The molecule has 1 N–H and O–H groups in total. The van der Waals surface area contributed by atoms with Crippen molar-refractivity contribution in [2.75, 3.05) is 18.0 Å². The largest absolute Gasteiger partial charge is 0.354 e. The lowest BCUT2D eigenvalue weighted by atomic mass is 10.1. The van der Waals surface area contributed by atoms with Crippen molar-refractivity contribution >= 4 is 22.4 Å². The Morgan fingerprint density at radius 2 is 2.05 bits per heavy atom. The van der Waals surface area contributed by atoms with E-state index in [0.29, 0.717) is 16.7 Å². The van der Waals surface area contributed by atoms with E-state index in [2.05, 4.69) is 10.2 Å². The summed E-state index contributed by atoms with van der Waals surface area (Å²) in [6.45, 7) is 0.380. The number of hydrogen-bond acceptors (Lipinski definition) is 4. The molecule has 0 radical (unpaired) electrons. The van der Waals surface area contributed by atoms with Crippen molar-refractivity contribution in [3.8, 4) is 0 Å². The minimum absolute atomic E-state index is 0.0394. The fourth-order valence-corrected chi connectivity index (χ4v) is 2.39. The number of alkyl halides is 2. The molecular formula is C12H12F2N4O2. The van der Waals surface area contributed by atoms with Crippen molar-refractivity contribution in [1.82, 2.24) is 10.2 Å². The van der Waals surface area contributed by atoms with E-state index in [1.807, 2.05) is 0 Å². The molecule has 0 bridgehead atoms. The van der Waals surface area contributed by atoms with Crippen LogP contribution in [0, 0.1) is 10.1 Å². The Kier molecular flexibility index (Phi) is 2.81. The molecule has 1 aliphatic rings. The van der Waals surface area contributed by atoms with Crippen molar-refractivity contribution in [2.24, 2.45) is 0 Å². The van der Waals surface area contributed by atoms with Crippen LogP contribution in [-0.2, 0) is 0 Å². The van der Waals surface area contributed by atoms with E-state index in [1.54, 1.807) is 11.0 Å². The second kappa shape index (κ2) is 4.39. The smallest absolute Gasteiger partial charge is 0.270 e. The minimum atomic E-state index is -2.63. The first-order valence-corrected chi connectivity index (χ1v) is 6.22. The van der Waals surface area contributed by atoms with E-state index in [0.717, 1.165) is 0 Å². The average molecular weight is 282 g/mol. The van der Waals surface area contributed by atoms with Gasteiger partial charge in [0.25, 0.3) is 11.6 Å². The molecular weight excluding hydrogens is 270 g/mol. The Balaban J connectivity index is 1.96. The van der Waals surface area contributed by atoms with Gasteiger partial charge in [0.2, 0.25) is 0 Å². The standard InChI is InChI=1S/C12H12F2N4O2/c13-12(14)3-5-17(6-4-12)11-9-7-8(18(19)20)1-2-10(9)15-16-11/h1-2,7H,3-6H2,(H,15,16). The van der Waals surface area contributed by atoms with Gasteiger partial charge in [0.05, 0.1) is 15.8 Å². The number of benzene rings is 1. The lowest BCUT2D eigenvalue weighted by Gasteiger charge is -2.31. The third kappa shape index (κ3) is 2.17. The highest BCUT2D eigenvalue weighted by Crippen LogP contribution is 2.33. The van der Waals surface area contributed by atoms with Gasteiger partial charge in [-0.25, -0.2) is 8.78 Å². The number of aromatic nitrogens is 2. The minimum Gasteiger partial charge on any atom is -0.354 e. The van der Waals surface area contributed by atoms with Crippen LogP contribution in [-0.4, -0.2) is 34.1 Å². The number of non-ortho nitro benzene ring substituents is 1. The predicted molar refractivity (Wildman–Crippen MR) is 69.1 cm³/mol. The van der Waals surface area contributed by atoms with Gasteiger partial charge in [0.1, 0.15) is 0 Å². The van der Waals surface area contributed by atoms with Crippen LogP contribution in [0.15, 0.2) is 18.2 Å². The molecule has 8 heteroatoms. The maximum Gasteiger partial charge on any atom is 0.270 e. The van der Waals surface area contributed by atoms with Gasteiger partial charge in [-0.2, -0.15) is 5.10 Å². The van der Waals surface area contributed by atoms with E-state index in [4.69, 9.17) is 0 Å². The summed E-state index contributed by atoms with van der Waals surface area (Å²) < 4.78 is 26.3. The number of fused-ring (bicyclic) bond motifs is 1. The van der Waals surface area contributed by atoms with Crippen molar-refractivity contribution < 1.29 is 13.7 Å². The van der Waals surface area contributed by atoms with Gasteiger partial charge in [0.15, 0.2) is 5.82 Å². The number of halogens is 2. The van der Waals surface area contributed by atoms with Crippen molar-refractivity contribution in [3.63, 3.8) is 0 Å². The van der Waals surface area contributed by atoms with Crippen molar-refractivity contribution in [2.45, 2.75) is 18.8 Å². The molecule has 0 aliphatic carbocycles. The number of nitro benzene ring substituents is 1. The number of hydrogen-bond donors (Lipinski definition) is 1. The van der Waals surface area contributed by atoms with Gasteiger partial charge in [-0.3, -0.25) is 15.2 Å². The molecule has 1 aliphatic heterocycles. The number of anilines is 1. The predicted octanol–water partition coefficient (Wildman–Crippen LogP) is 2.71. The lowest BCUT2D eigenvalue weighted by molar-refractivity contribution is -0.384. The van der Waals surface area contributed by atoms with Gasteiger partial charge in [-0.05, 0) is 6.07 Å². The van der Waals surface area contributed by atoms with Crippen LogP contribution in [0.5, 0.6) is 0 Å². The Morgan fingerprint density at radius 3 is 2.70 bits per heavy atom. The van der Waals surface area contributed by atoms with Crippen LogP contribution < -0.4 is 4.90 Å². The maximum absolute atomic E-state index is 13.2. The molecule has 0 amide bonds. The van der Waals surface area contributed by atoms with Crippen LogP contribution in [0.2, 0.25) is 0 Å². The highest BCUT2D eigenvalue weighted by molar-refractivity contribution is 5.91. The summed E-state index contributed by atoms with van der Waals surface area (Å²) in [4.78, 5) is 12.1. The van der Waals surface area contributed by atoms with Gasteiger partial charge in [-0.15, -0.1) is 0 Å². The molecule has 0 unspecified atom stereocenters. The molecule has 1 aromatic carbocycles. The van der Waals surface area contributed by atoms with Crippen LogP contribution in [0.1, 0.15) is 12.8 Å². The monoisotopic (exact) mass is 282 g/mol. The number of piperidine rings is 1. The molecule has 2 aromatic rings. The molecule has 20 heavy (non-hydrogen) atoms. The number of nitro groups is 1. The van der Waals surface area contributed by atoms with E-state index in [1.165, 1.54) is 12.1 Å². The molecule has 0 spiro atoms. The Morgan fingerprint density at radius 1 is 1.35 bits per heavy atom. The fourth-order valence-electron chi connectivity index (χ4n) is 2.39. The van der Waals surface area contributed by atoms with Crippen LogP contribution in [0.4, 0.5) is 20.3 Å². The Bertz CT molecular complexity index is 661. The lowest BCUT2D eigenvalue weighted by Crippen LogP contribution is -2.39. The first kappa shape index (κ1) is 12.8. The summed E-state index contributed by atoms with van der Waals surface area (Å²) in [7, 11) is 0. The quantitative estimate of drug-likeness (QED) is 0.678. The molecule has 6 nitrogen and oxygen atoms in total. The number of H-pyrrole nitrogens is 1. The Labute approximate surface area is 112 Å². The topological polar surface area (TPSA) is 75.1 Å². The summed E-state index contributed by atoms with van der Waals surface area (Å²) in [5, 5.41) is 18.3. The normalized spacial score (nSPS) is 18.4. The van der Waals surface area contributed by atoms with Crippen molar-refractivity contribution in [3.05, 3.63) is 28.3 Å². The number of rotatable bonds is 2. The second-order valence-electron chi connectivity index (χ2n) is 4.88. The van der Waals surface area contributed by atoms with E-state index >= 15 is 0 Å². The number of nitrogens with one attached hydrogen (secondary N) is 1. The summed E-state index contributed by atoms with van der Waals surface area (Å²) in [6.07, 6.45) is -0.452. The SMILES string of the molecule is O=[N+]([O-])c1ccc2[nH]nc(N3CCC(F)(F)CC3)c2c1. The highest BCUT2D eigenvalue weighted by atomic mass is 19.3. The molecule has 2 heterocycles. The van der Waals surface area contributed by atoms with E-state index < -0.39 is 10.8 Å². The molecule has 1 fully saturated rings. The summed E-state index contributed by atoms with van der Waals surface area (Å²) in [5.41, 5.74) is 0.616. The first-order chi connectivity index (χ1) is 9.46. The van der Waals surface area contributed by atoms with Crippen LogP contribution >= 0.6 is 0 Å². The summed E-state index contributed by atoms with van der Waals surface area (Å²) in [6, 6.07) is 4.37. The second-order valence-corrected chi connectivity index (χ2v) is 4.88. The zero-order chi connectivity index (χ0) is 14.3. The molecule has 106 valence electrons. The summed E-state index contributed by atoms with van der Waals surface area (Å²) in [5.74, 6) is -2.13. The van der Waals surface area contributed by atoms with Gasteiger partial charge >= 0.3 is 0 Å². The third-order valence-corrected chi connectivity index (χ3v) is 3.53. The zero-order valence-corrected chi connectivity index (χ0v) is 10.5.